The Morgan fingerprint density at radius 2 is 2.16 bits per heavy atom. The van der Waals surface area contributed by atoms with Crippen molar-refractivity contribution in [2.45, 2.75) is 10.9 Å². The molecule has 12 nitrogen and oxygen atoms in total. The van der Waals surface area contributed by atoms with Crippen molar-refractivity contribution >= 4 is 34.5 Å². The number of rotatable bonds is 7. The van der Waals surface area contributed by atoms with Gasteiger partial charge in [0.1, 0.15) is 17.2 Å². The van der Waals surface area contributed by atoms with Crippen LogP contribution in [0.15, 0.2) is 48.7 Å². The van der Waals surface area contributed by atoms with Crippen molar-refractivity contribution in [2.24, 2.45) is 7.05 Å². The van der Waals surface area contributed by atoms with Crippen LogP contribution in [0.1, 0.15) is 5.82 Å². The molecule has 3 atom stereocenters. The molecule has 0 aliphatic carbocycles. The highest BCUT2D eigenvalue weighted by Crippen LogP contribution is 2.45. The highest BCUT2D eigenvalue weighted by atomic mass is 32.2. The zero-order valence-corrected chi connectivity index (χ0v) is 17.6. The van der Waals surface area contributed by atoms with Gasteiger partial charge in [-0.25, -0.2) is 9.48 Å². The Bertz CT molecular complexity index is 1130. The second kappa shape index (κ2) is 8.09. The highest BCUT2D eigenvalue weighted by molar-refractivity contribution is 7.92. The first-order valence-electron chi connectivity index (χ1n) is 9.32. The lowest BCUT2D eigenvalue weighted by Gasteiger charge is -2.54. The van der Waals surface area contributed by atoms with Crippen LogP contribution in [0.25, 0.3) is 5.57 Å². The van der Waals surface area contributed by atoms with Crippen LogP contribution in [0.5, 0.6) is 5.75 Å². The molecule has 166 valence electrons. The number of carbonyl (C=O) groups excluding carboxylic acids is 2. The Morgan fingerprint density at radius 1 is 1.44 bits per heavy atom. The fourth-order valence-corrected chi connectivity index (χ4v) is 5.52. The van der Waals surface area contributed by atoms with Gasteiger partial charge in [0.2, 0.25) is 10.9 Å². The Labute approximate surface area is 184 Å². The molecule has 2 aromatic rings. The second-order valence-corrected chi connectivity index (χ2v) is 8.53. The van der Waals surface area contributed by atoms with Crippen LogP contribution in [-0.4, -0.2) is 75.8 Å². The van der Waals surface area contributed by atoms with E-state index in [9.17, 15) is 24.0 Å². The molecule has 1 fully saturated rings. The Hall–Kier alpha value is -3.71. The van der Waals surface area contributed by atoms with Gasteiger partial charge in [-0.3, -0.25) is 14.5 Å². The Kier molecular flexibility index (Phi) is 5.44. The molecule has 3 heterocycles. The molecular formula is C19H18N6O6S. The van der Waals surface area contributed by atoms with Gasteiger partial charge in [-0.1, -0.05) is 24.8 Å². The SMILES string of the molecule is C=CC1(NC(=O)COc2ccccc2)C(=O)N2C(C(=O)O)=C(c3nnnn3C)C[S+]([O-])[C@H]21. The van der Waals surface area contributed by atoms with Crippen molar-refractivity contribution < 1.29 is 28.8 Å². The van der Waals surface area contributed by atoms with Crippen LogP contribution in [0, 0.1) is 0 Å². The lowest BCUT2D eigenvalue weighted by atomic mass is 9.86. The average Bonchev–Trinajstić information content (AvgIpc) is 3.21. The van der Waals surface area contributed by atoms with Crippen molar-refractivity contribution in [2.75, 3.05) is 12.4 Å². The number of nitrogens with one attached hydrogen (secondary N) is 1. The summed E-state index contributed by atoms with van der Waals surface area (Å²) in [5.41, 5.74) is -2.05. The number of β-lactam (4-membered cyclic amide) rings is 1. The van der Waals surface area contributed by atoms with E-state index in [1.54, 1.807) is 30.3 Å². The number of aromatic nitrogens is 4. The summed E-state index contributed by atoms with van der Waals surface area (Å²) in [5.74, 6) is -2.52. The van der Waals surface area contributed by atoms with Gasteiger partial charge >= 0.3 is 5.97 Å². The Morgan fingerprint density at radius 3 is 2.75 bits per heavy atom. The first-order valence-corrected chi connectivity index (χ1v) is 10.7. The quantitative estimate of drug-likeness (QED) is 0.303. The minimum atomic E-state index is -1.79. The number of aliphatic carboxylic acids is 1. The van der Waals surface area contributed by atoms with Crippen molar-refractivity contribution in [1.82, 2.24) is 30.4 Å². The van der Waals surface area contributed by atoms with Gasteiger partial charge < -0.3 is 19.7 Å². The van der Waals surface area contributed by atoms with Crippen LogP contribution >= 0.6 is 0 Å². The summed E-state index contributed by atoms with van der Waals surface area (Å²) in [6, 6.07) is 8.59. The number of carboxylic acids is 1. The number of carboxylic acid groups (broad SMARTS) is 1. The molecule has 2 aliphatic heterocycles. The van der Waals surface area contributed by atoms with Gasteiger partial charge in [0.15, 0.2) is 12.4 Å². The molecule has 2 aliphatic rings. The summed E-state index contributed by atoms with van der Waals surface area (Å²) in [7, 11) is 1.50. The van der Waals surface area contributed by atoms with E-state index >= 15 is 0 Å². The molecule has 13 heteroatoms. The van der Waals surface area contributed by atoms with Crippen LogP contribution < -0.4 is 10.1 Å². The van der Waals surface area contributed by atoms with Gasteiger partial charge in [0.25, 0.3) is 11.8 Å². The summed E-state index contributed by atoms with van der Waals surface area (Å²) in [5, 5.41) is 22.1. The number of carbonyl (C=O) groups is 3. The second-order valence-electron chi connectivity index (χ2n) is 7.03. The lowest BCUT2D eigenvalue weighted by Crippen LogP contribution is -2.82. The minimum absolute atomic E-state index is 0.0596. The molecule has 1 saturated heterocycles. The molecule has 0 saturated carbocycles. The molecule has 2 amide bonds. The molecule has 0 radical (unpaired) electrons. The van der Waals surface area contributed by atoms with Crippen LogP contribution in [0.3, 0.4) is 0 Å². The average molecular weight is 458 g/mol. The molecule has 0 spiro atoms. The van der Waals surface area contributed by atoms with Crippen LogP contribution in [-0.2, 0) is 32.6 Å². The zero-order valence-electron chi connectivity index (χ0n) is 16.8. The van der Waals surface area contributed by atoms with E-state index in [-0.39, 0.29) is 22.8 Å². The largest absolute Gasteiger partial charge is 0.614 e. The maximum atomic E-state index is 13.1. The molecule has 0 bridgehead atoms. The number of benzene rings is 1. The van der Waals surface area contributed by atoms with Crippen molar-refractivity contribution in [3.8, 4) is 5.75 Å². The van der Waals surface area contributed by atoms with Gasteiger partial charge in [0.05, 0.1) is 5.57 Å². The summed E-state index contributed by atoms with van der Waals surface area (Å²) < 4.78 is 19.7. The third-order valence-corrected chi connectivity index (χ3v) is 6.79. The molecule has 4 rings (SSSR count). The van der Waals surface area contributed by atoms with E-state index in [1.807, 2.05) is 0 Å². The first kappa shape index (κ1) is 21.5. The van der Waals surface area contributed by atoms with Crippen molar-refractivity contribution in [3.05, 3.63) is 54.5 Å². The Balaban J connectivity index is 1.61. The zero-order chi connectivity index (χ0) is 23.0. The predicted molar refractivity (Wildman–Crippen MR) is 110 cm³/mol. The maximum absolute atomic E-state index is 13.1. The smallest absolute Gasteiger partial charge is 0.353 e. The van der Waals surface area contributed by atoms with E-state index in [0.29, 0.717) is 5.75 Å². The minimum Gasteiger partial charge on any atom is -0.614 e. The van der Waals surface area contributed by atoms with Gasteiger partial charge in [-0.05, 0) is 39.8 Å². The maximum Gasteiger partial charge on any atom is 0.353 e. The third kappa shape index (κ3) is 3.31. The molecule has 1 aromatic heterocycles. The number of para-hydroxylation sites is 1. The van der Waals surface area contributed by atoms with Gasteiger partial charge in [-0.15, -0.1) is 5.10 Å². The number of hydrogen-bond acceptors (Lipinski definition) is 8. The summed E-state index contributed by atoms with van der Waals surface area (Å²) >= 11 is -1.79. The number of ether oxygens (including phenoxy) is 1. The first-order chi connectivity index (χ1) is 15.3. The molecule has 1 aromatic carbocycles. The third-order valence-electron chi connectivity index (χ3n) is 5.13. The van der Waals surface area contributed by atoms with Crippen LogP contribution in [0.2, 0.25) is 0 Å². The number of aryl methyl sites for hydroxylation is 1. The van der Waals surface area contributed by atoms with Gasteiger partial charge in [-0.2, -0.15) is 0 Å². The number of nitrogens with zero attached hydrogens (tertiary/aromatic N) is 5. The van der Waals surface area contributed by atoms with Crippen molar-refractivity contribution in [3.63, 3.8) is 0 Å². The molecule has 2 unspecified atom stereocenters. The van der Waals surface area contributed by atoms with E-state index in [1.165, 1.54) is 17.8 Å². The fourth-order valence-electron chi connectivity index (χ4n) is 3.70. The number of hydrogen-bond donors (Lipinski definition) is 2. The standard InChI is InChI=1S/C19H18N6O6S/c1-3-19(20-13(26)9-31-11-7-5-4-6-8-11)17(29)25-14(16(27)28)12(10-32(30)18(19)25)15-21-22-23-24(15)2/h3-8,18H,1,9-10H2,2H3,(H,20,26)(H,27,28)/t18-,19?,32?/m0/s1. The monoisotopic (exact) mass is 458 g/mol. The molecule has 32 heavy (non-hydrogen) atoms. The predicted octanol–water partition coefficient (Wildman–Crippen LogP) is -0.944. The summed E-state index contributed by atoms with van der Waals surface area (Å²) in [6.45, 7) is 3.22. The van der Waals surface area contributed by atoms with Gasteiger partial charge in [0, 0.05) is 7.05 Å². The summed E-state index contributed by atoms with van der Waals surface area (Å²) in [4.78, 5) is 38.6. The molecular weight excluding hydrogens is 440 g/mol. The topological polar surface area (TPSA) is 163 Å². The normalized spacial score (nSPS) is 24.4. The summed E-state index contributed by atoms with van der Waals surface area (Å²) in [6.07, 6.45) is 1.17. The van der Waals surface area contributed by atoms with Crippen molar-refractivity contribution in [1.29, 1.82) is 0 Å². The van der Waals surface area contributed by atoms with E-state index < -0.39 is 46.5 Å². The number of fused-ring (bicyclic) bond motifs is 1. The number of amides is 2. The van der Waals surface area contributed by atoms with E-state index in [0.717, 1.165) is 4.90 Å². The lowest BCUT2D eigenvalue weighted by molar-refractivity contribution is -0.156. The molecule has 2 N–H and O–H groups in total. The van der Waals surface area contributed by atoms with Crippen LogP contribution in [0.4, 0.5) is 0 Å². The number of tetrazole rings is 1. The highest BCUT2D eigenvalue weighted by Gasteiger charge is 2.70. The van der Waals surface area contributed by atoms with E-state index in [4.69, 9.17) is 4.74 Å². The fraction of sp³-hybridized carbons (Fsp3) is 0.263. The van der Waals surface area contributed by atoms with E-state index in [2.05, 4.69) is 27.4 Å².